The minimum Gasteiger partial charge on any atom is -0.424 e. The summed E-state index contributed by atoms with van der Waals surface area (Å²) in [7, 11) is -3.78. The van der Waals surface area contributed by atoms with Crippen molar-refractivity contribution in [1.29, 1.82) is 0 Å². The van der Waals surface area contributed by atoms with Crippen LogP contribution in [0.5, 0.6) is 5.75 Å². The topological polar surface area (TPSA) is 138 Å². The van der Waals surface area contributed by atoms with Crippen LogP contribution >= 0.6 is 39.5 Å². The number of nitrogens with two attached hydrogens (primary N) is 1. The number of ketones is 1. The summed E-state index contributed by atoms with van der Waals surface area (Å²) in [5.41, 5.74) is 7.14. The lowest BCUT2D eigenvalue weighted by atomic mass is 10.1. The Labute approximate surface area is 218 Å². The van der Waals surface area contributed by atoms with E-state index in [1.807, 2.05) is 0 Å². The first-order chi connectivity index (χ1) is 16.5. The Bertz CT molecular complexity index is 1260. The van der Waals surface area contributed by atoms with Gasteiger partial charge in [-0.2, -0.15) is 5.10 Å². The highest BCUT2D eigenvalue weighted by Gasteiger charge is 2.55. The second-order valence-corrected chi connectivity index (χ2v) is 14.1. The fraction of sp³-hybridized carbons (Fsp3) is 0.409. The lowest BCUT2D eigenvalue weighted by Gasteiger charge is -2.25. The number of fused-ring (bicyclic) bond motifs is 1. The molecule has 188 valence electrons. The number of para-hydroxylation sites is 1. The van der Waals surface area contributed by atoms with Crippen LogP contribution in [0.4, 0.5) is 5.82 Å². The SMILES string of the molecule is CC(=O)[C@H](C)CP(=O)(OC[C@H]1O[C@@H](c2ccc3c(N)ncnn23)C(Br)(Br)[C@H]1O)Oc1ccccc1. The number of nitrogen functional groups attached to an aromatic ring is 1. The van der Waals surface area contributed by atoms with Crippen LogP contribution in [0, 0.1) is 5.92 Å². The molecule has 5 atom stereocenters. The molecule has 3 aromatic rings. The highest BCUT2D eigenvalue weighted by atomic mass is 79.9. The van der Waals surface area contributed by atoms with Gasteiger partial charge in [-0.3, -0.25) is 9.32 Å². The highest BCUT2D eigenvalue weighted by molar-refractivity contribution is 9.25. The Balaban J connectivity index is 1.55. The third-order valence-corrected chi connectivity index (χ3v) is 9.60. The Kier molecular flexibility index (Phi) is 7.71. The summed E-state index contributed by atoms with van der Waals surface area (Å²) >= 11 is 7.05. The van der Waals surface area contributed by atoms with Gasteiger partial charge >= 0.3 is 7.60 Å². The van der Waals surface area contributed by atoms with Gasteiger partial charge in [0.2, 0.25) is 0 Å². The number of carbonyl (C=O) groups is 1. The first kappa shape index (κ1) is 26.2. The highest BCUT2D eigenvalue weighted by Crippen LogP contribution is 2.54. The predicted octanol–water partition coefficient (Wildman–Crippen LogP) is 4.11. The van der Waals surface area contributed by atoms with E-state index in [2.05, 4.69) is 41.9 Å². The van der Waals surface area contributed by atoms with Gasteiger partial charge in [0.05, 0.1) is 18.5 Å². The minimum absolute atomic E-state index is 0.114. The molecule has 2 aromatic heterocycles. The van der Waals surface area contributed by atoms with Crippen LogP contribution in [0.1, 0.15) is 25.6 Å². The van der Waals surface area contributed by atoms with Crippen molar-refractivity contribution in [2.45, 2.75) is 35.4 Å². The molecule has 13 heteroatoms. The molecule has 1 fully saturated rings. The van der Waals surface area contributed by atoms with E-state index in [9.17, 15) is 14.5 Å². The summed E-state index contributed by atoms with van der Waals surface area (Å²) in [5.74, 6) is -0.0259. The summed E-state index contributed by atoms with van der Waals surface area (Å²) in [6.07, 6.45) is -1.49. The van der Waals surface area contributed by atoms with Crippen molar-refractivity contribution in [1.82, 2.24) is 14.6 Å². The van der Waals surface area contributed by atoms with E-state index < -0.39 is 35.1 Å². The Hall–Kier alpha value is -1.82. The van der Waals surface area contributed by atoms with Crippen molar-refractivity contribution in [3.8, 4) is 5.75 Å². The maximum Gasteiger partial charge on any atom is 0.379 e. The van der Waals surface area contributed by atoms with Crippen LogP contribution in [0.3, 0.4) is 0 Å². The predicted molar refractivity (Wildman–Crippen MR) is 137 cm³/mol. The third-order valence-electron chi connectivity index (χ3n) is 5.80. The lowest BCUT2D eigenvalue weighted by molar-refractivity contribution is -0.119. The first-order valence-corrected chi connectivity index (χ1v) is 14.1. The zero-order valence-corrected chi connectivity index (χ0v) is 23.0. The summed E-state index contributed by atoms with van der Waals surface area (Å²) < 4.78 is 31.8. The van der Waals surface area contributed by atoms with Gasteiger partial charge in [0.15, 0.2) is 5.82 Å². The number of benzene rings is 1. The number of anilines is 1. The molecule has 1 aromatic carbocycles. The second kappa shape index (κ2) is 10.3. The number of aliphatic hydroxyl groups excluding tert-OH is 1. The number of hydrogen-bond acceptors (Lipinski definition) is 9. The van der Waals surface area contributed by atoms with Gasteiger partial charge in [0.1, 0.15) is 44.9 Å². The summed E-state index contributed by atoms with van der Waals surface area (Å²) in [4.78, 5) is 15.8. The quantitative estimate of drug-likeness (QED) is 0.264. The van der Waals surface area contributed by atoms with Gasteiger partial charge in [0.25, 0.3) is 0 Å². The number of halogens is 2. The standard InChI is InChI=1S/C22H25Br2N4O6P/c1-13(14(2)29)11-35(31,34-15-6-4-3-5-7-15)32-10-18-19(30)22(23,24)20(33-18)16-8-9-17-21(25)26-12-27-28(16)17/h3-9,12-13,18-20,30H,10-11H2,1-2H3,(H2,25,26,27)/t13-,18-,19+,20+,35?/m1/s1. The fourth-order valence-electron chi connectivity index (χ4n) is 3.72. The molecule has 0 amide bonds. The van der Waals surface area contributed by atoms with E-state index in [1.54, 1.807) is 53.9 Å². The third kappa shape index (κ3) is 5.47. The van der Waals surface area contributed by atoms with Crippen molar-refractivity contribution in [3.05, 3.63) is 54.5 Å². The molecule has 3 heterocycles. The normalized spacial score (nSPS) is 24.2. The monoisotopic (exact) mass is 630 g/mol. The van der Waals surface area contributed by atoms with Gasteiger partial charge in [-0.25, -0.2) is 14.1 Å². The van der Waals surface area contributed by atoms with Crippen LogP contribution in [-0.4, -0.2) is 53.7 Å². The largest absolute Gasteiger partial charge is 0.424 e. The molecule has 3 N–H and O–H groups in total. The number of rotatable bonds is 9. The van der Waals surface area contributed by atoms with E-state index in [4.69, 9.17) is 19.5 Å². The molecule has 0 bridgehead atoms. The zero-order chi connectivity index (χ0) is 25.4. The molecule has 1 saturated heterocycles. The number of Topliss-reactive ketones (excluding diaryl/α,β-unsaturated/α-hetero) is 1. The van der Waals surface area contributed by atoms with Crippen LogP contribution < -0.4 is 10.3 Å². The van der Waals surface area contributed by atoms with E-state index in [-0.39, 0.29) is 18.6 Å². The summed E-state index contributed by atoms with van der Waals surface area (Å²) in [6, 6.07) is 12.1. The van der Waals surface area contributed by atoms with E-state index in [1.165, 1.54) is 13.3 Å². The van der Waals surface area contributed by atoms with Crippen LogP contribution in [-0.2, 0) is 18.6 Å². The molecule has 0 aliphatic carbocycles. The molecule has 10 nitrogen and oxygen atoms in total. The lowest BCUT2D eigenvalue weighted by Crippen LogP contribution is -2.36. The number of aliphatic hydroxyl groups is 1. The fourth-order valence-corrected chi connectivity index (χ4v) is 6.97. The van der Waals surface area contributed by atoms with Crippen molar-refractivity contribution >= 4 is 56.6 Å². The molecule has 1 aliphatic heterocycles. The van der Waals surface area contributed by atoms with Crippen molar-refractivity contribution in [3.63, 3.8) is 0 Å². The van der Waals surface area contributed by atoms with Gasteiger partial charge in [0, 0.05) is 5.92 Å². The Morgan fingerprint density at radius 3 is 2.71 bits per heavy atom. The number of nitrogens with zero attached hydrogens (tertiary/aromatic N) is 3. The average molecular weight is 632 g/mol. The molecule has 1 unspecified atom stereocenters. The number of alkyl halides is 2. The Morgan fingerprint density at radius 1 is 1.31 bits per heavy atom. The molecule has 0 spiro atoms. The number of hydrogen-bond donors (Lipinski definition) is 2. The molecule has 35 heavy (non-hydrogen) atoms. The molecular formula is C22H25Br2N4O6P. The minimum atomic E-state index is -3.78. The van der Waals surface area contributed by atoms with Crippen molar-refractivity contribution in [2.24, 2.45) is 5.92 Å². The van der Waals surface area contributed by atoms with Gasteiger partial charge in [-0.15, -0.1) is 0 Å². The van der Waals surface area contributed by atoms with Crippen LogP contribution in [0.25, 0.3) is 5.52 Å². The van der Waals surface area contributed by atoms with Crippen molar-refractivity contribution in [2.75, 3.05) is 18.5 Å². The molecular weight excluding hydrogens is 607 g/mol. The average Bonchev–Trinajstić information content (AvgIpc) is 3.32. The van der Waals surface area contributed by atoms with E-state index in [0.717, 1.165) is 0 Å². The first-order valence-electron chi connectivity index (χ1n) is 10.8. The van der Waals surface area contributed by atoms with Gasteiger partial charge in [-0.05, 0) is 31.2 Å². The summed E-state index contributed by atoms with van der Waals surface area (Å²) in [5, 5.41) is 15.3. The molecule has 1 aliphatic rings. The number of carbonyl (C=O) groups excluding carboxylic acids is 1. The smallest absolute Gasteiger partial charge is 0.379 e. The second-order valence-electron chi connectivity index (χ2n) is 8.38. The van der Waals surface area contributed by atoms with Crippen molar-refractivity contribution < 1.29 is 28.3 Å². The Morgan fingerprint density at radius 2 is 2.03 bits per heavy atom. The van der Waals surface area contributed by atoms with Crippen LogP contribution in [0.15, 0.2) is 48.8 Å². The maximum atomic E-state index is 13.7. The van der Waals surface area contributed by atoms with Crippen LogP contribution in [0.2, 0.25) is 0 Å². The molecule has 0 radical (unpaired) electrons. The van der Waals surface area contributed by atoms with E-state index >= 15 is 0 Å². The van der Waals surface area contributed by atoms with Gasteiger partial charge < -0.3 is 20.1 Å². The molecule has 0 saturated carbocycles. The van der Waals surface area contributed by atoms with E-state index in [0.29, 0.717) is 22.8 Å². The van der Waals surface area contributed by atoms with Gasteiger partial charge in [-0.1, -0.05) is 57.0 Å². The summed E-state index contributed by atoms with van der Waals surface area (Å²) in [6.45, 7) is 2.84. The number of ether oxygens (including phenoxy) is 1. The zero-order valence-electron chi connectivity index (χ0n) is 19.0. The maximum absolute atomic E-state index is 13.7. The molecule has 4 rings (SSSR count). The number of aromatic nitrogens is 3.